The molecule has 0 heterocycles. The van der Waals surface area contributed by atoms with Crippen LogP contribution in [0.4, 0.5) is 0 Å². The summed E-state index contributed by atoms with van der Waals surface area (Å²) >= 11 is 4.58. The van der Waals surface area contributed by atoms with Gasteiger partial charge in [0.25, 0.3) is 0 Å². The first-order valence-corrected chi connectivity index (χ1v) is 2.18. The largest absolute Gasteiger partial charge is 1.00 e. The molecular weight excluding hydrogens is 119 g/mol. The maximum atomic E-state index is 4.58. The Hall–Kier alpha value is 1.73. The van der Waals surface area contributed by atoms with Crippen molar-refractivity contribution in [3.8, 4) is 0 Å². The van der Waals surface area contributed by atoms with E-state index in [0.29, 0.717) is 0 Å². The molecule has 0 spiro atoms. The quantitative estimate of drug-likeness (QED) is 0.237. The summed E-state index contributed by atoms with van der Waals surface area (Å²) in [5, 5.41) is 0. The van der Waals surface area contributed by atoms with Crippen LogP contribution in [0.1, 0.15) is 6.42 Å². The van der Waals surface area contributed by atoms with Crippen LogP contribution in [0.15, 0.2) is 12.7 Å². The molecule has 0 amide bonds. The zero-order chi connectivity index (χ0) is 4.12. The van der Waals surface area contributed by atoms with Crippen molar-refractivity contribution in [3.05, 3.63) is 12.7 Å². The SMILES string of the molecule is C=CCC[S-].[K+]. The molecule has 6 heavy (non-hydrogen) atoms. The number of hydrogen-bond acceptors (Lipinski definition) is 1. The Morgan fingerprint density at radius 1 is 1.67 bits per heavy atom. The fraction of sp³-hybridized carbons (Fsp3) is 0.500. The van der Waals surface area contributed by atoms with Crippen LogP contribution in [0, 0.1) is 0 Å². The van der Waals surface area contributed by atoms with Gasteiger partial charge in [-0.2, -0.15) is 5.75 Å². The summed E-state index contributed by atoms with van der Waals surface area (Å²) in [7, 11) is 0. The van der Waals surface area contributed by atoms with Crippen LogP contribution in [0.3, 0.4) is 0 Å². The van der Waals surface area contributed by atoms with Crippen LogP contribution in [0.2, 0.25) is 0 Å². The van der Waals surface area contributed by atoms with Gasteiger partial charge in [0.1, 0.15) is 0 Å². The maximum Gasteiger partial charge on any atom is 1.00 e. The summed E-state index contributed by atoms with van der Waals surface area (Å²) in [6.45, 7) is 3.48. The van der Waals surface area contributed by atoms with Crippen LogP contribution in [-0.4, -0.2) is 5.75 Å². The smallest absolute Gasteiger partial charge is 0.792 e. The van der Waals surface area contributed by atoms with Crippen molar-refractivity contribution in [2.75, 3.05) is 5.75 Å². The molecule has 0 aliphatic rings. The Labute approximate surface area is 87.2 Å². The molecule has 30 valence electrons. The second kappa shape index (κ2) is 9.87. The molecule has 0 aliphatic carbocycles. The van der Waals surface area contributed by atoms with Gasteiger partial charge in [-0.25, -0.2) is 0 Å². The Morgan fingerprint density at radius 3 is 2.17 bits per heavy atom. The van der Waals surface area contributed by atoms with E-state index in [9.17, 15) is 0 Å². The van der Waals surface area contributed by atoms with Crippen LogP contribution in [0.5, 0.6) is 0 Å². The third-order valence-corrected chi connectivity index (χ3v) is 0.558. The van der Waals surface area contributed by atoms with Crippen molar-refractivity contribution in [3.63, 3.8) is 0 Å². The van der Waals surface area contributed by atoms with Gasteiger partial charge in [-0.3, -0.25) is 0 Å². The minimum Gasteiger partial charge on any atom is -0.792 e. The Bertz CT molecular complexity index is 28.7. The summed E-state index contributed by atoms with van der Waals surface area (Å²) in [5.74, 6) is 0.809. The second-order valence-electron chi connectivity index (χ2n) is 0.781. The molecule has 0 fully saturated rings. The van der Waals surface area contributed by atoms with E-state index < -0.39 is 0 Å². The minimum absolute atomic E-state index is 0. The summed E-state index contributed by atoms with van der Waals surface area (Å²) in [6, 6.07) is 0. The van der Waals surface area contributed by atoms with Crippen molar-refractivity contribution in [1.82, 2.24) is 0 Å². The van der Waals surface area contributed by atoms with Gasteiger partial charge in [0.2, 0.25) is 0 Å². The van der Waals surface area contributed by atoms with E-state index in [4.69, 9.17) is 0 Å². The maximum absolute atomic E-state index is 4.58. The number of allylic oxidation sites excluding steroid dienone is 1. The molecule has 0 aromatic heterocycles. The van der Waals surface area contributed by atoms with E-state index in [1.165, 1.54) is 0 Å². The average Bonchev–Trinajstić information content (AvgIpc) is 1.41. The predicted molar refractivity (Wildman–Crippen MR) is 27.0 cm³/mol. The zero-order valence-electron chi connectivity index (χ0n) is 4.11. The van der Waals surface area contributed by atoms with Gasteiger partial charge in [0.15, 0.2) is 0 Å². The molecule has 2 heteroatoms. The van der Waals surface area contributed by atoms with E-state index >= 15 is 0 Å². The summed E-state index contributed by atoms with van der Waals surface area (Å²) in [4.78, 5) is 0. The van der Waals surface area contributed by atoms with Gasteiger partial charge in [0, 0.05) is 0 Å². The van der Waals surface area contributed by atoms with Gasteiger partial charge < -0.3 is 12.6 Å². The summed E-state index contributed by atoms with van der Waals surface area (Å²) in [6.07, 6.45) is 2.79. The molecule has 0 radical (unpaired) electrons. The molecule has 0 unspecified atom stereocenters. The Balaban J connectivity index is 0. The molecule has 0 N–H and O–H groups in total. The molecule has 0 aromatic carbocycles. The van der Waals surface area contributed by atoms with Crippen molar-refractivity contribution in [2.45, 2.75) is 6.42 Å². The van der Waals surface area contributed by atoms with Gasteiger partial charge >= 0.3 is 51.4 Å². The third-order valence-electron chi connectivity index (χ3n) is 0.322. The van der Waals surface area contributed by atoms with E-state index in [1.807, 2.05) is 6.08 Å². The monoisotopic (exact) mass is 126 g/mol. The third kappa shape index (κ3) is 9.21. The zero-order valence-corrected chi connectivity index (χ0v) is 8.05. The fourth-order valence-electron chi connectivity index (χ4n) is 0.0833. The van der Waals surface area contributed by atoms with Gasteiger partial charge in [-0.1, -0.05) is 12.5 Å². The first-order valence-electron chi connectivity index (χ1n) is 1.61. The second-order valence-corrected chi connectivity index (χ2v) is 1.19. The average molecular weight is 126 g/mol. The Kier molecular flexibility index (Phi) is 17.5. The standard InChI is InChI=1S/C4H8S.K/c1-2-3-4-5;/h2,5H,1,3-4H2;/q;+1/p-1. The predicted octanol–water partition coefficient (Wildman–Crippen LogP) is -1.89. The van der Waals surface area contributed by atoms with Crippen LogP contribution in [0.25, 0.3) is 0 Å². The van der Waals surface area contributed by atoms with E-state index in [-0.39, 0.29) is 51.4 Å². The van der Waals surface area contributed by atoms with Crippen LogP contribution < -0.4 is 51.4 Å². The fourth-order valence-corrected chi connectivity index (χ4v) is 0.250. The summed E-state index contributed by atoms with van der Waals surface area (Å²) < 4.78 is 0. The van der Waals surface area contributed by atoms with Gasteiger partial charge in [0.05, 0.1) is 0 Å². The molecule has 0 saturated carbocycles. The molecule has 0 nitrogen and oxygen atoms in total. The number of hydrogen-bond donors (Lipinski definition) is 0. The van der Waals surface area contributed by atoms with Crippen molar-refractivity contribution in [2.24, 2.45) is 0 Å². The molecule has 0 rings (SSSR count). The molecule has 0 atom stereocenters. The van der Waals surface area contributed by atoms with Gasteiger partial charge in [-0.05, 0) is 0 Å². The van der Waals surface area contributed by atoms with E-state index in [0.717, 1.165) is 12.2 Å². The Morgan fingerprint density at radius 2 is 2.17 bits per heavy atom. The molecule has 0 aromatic rings. The molecular formula is C4H7KS. The first kappa shape index (κ1) is 10.7. The normalized spacial score (nSPS) is 6.17. The van der Waals surface area contributed by atoms with Crippen molar-refractivity contribution < 1.29 is 51.4 Å². The summed E-state index contributed by atoms with van der Waals surface area (Å²) in [5.41, 5.74) is 0. The van der Waals surface area contributed by atoms with Crippen LogP contribution >= 0.6 is 0 Å². The topological polar surface area (TPSA) is 0 Å². The number of rotatable bonds is 2. The molecule has 0 aliphatic heterocycles. The van der Waals surface area contributed by atoms with Gasteiger partial charge in [-0.15, -0.1) is 6.58 Å². The van der Waals surface area contributed by atoms with Crippen LogP contribution in [-0.2, 0) is 12.6 Å². The molecule has 0 bridgehead atoms. The van der Waals surface area contributed by atoms with Crippen molar-refractivity contribution in [1.29, 1.82) is 0 Å². The van der Waals surface area contributed by atoms with Crippen molar-refractivity contribution >= 4 is 12.6 Å². The van der Waals surface area contributed by atoms with E-state index in [2.05, 4.69) is 19.2 Å². The first-order chi connectivity index (χ1) is 2.41. The van der Waals surface area contributed by atoms with E-state index in [1.54, 1.807) is 0 Å². The molecule has 0 saturated heterocycles. The minimum atomic E-state index is 0.